The Balaban J connectivity index is 0. The van der Waals surface area contributed by atoms with E-state index >= 15 is 0 Å². The Hall–Kier alpha value is -0.340. The minimum absolute atomic E-state index is 0.192. The molecule has 25 heavy (non-hydrogen) atoms. The van der Waals surface area contributed by atoms with Gasteiger partial charge < -0.3 is 4.74 Å². The molecule has 0 aromatic rings. The summed E-state index contributed by atoms with van der Waals surface area (Å²) in [5.74, 6) is 0. The van der Waals surface area contributed by atoms with Crippen molar-refractivity contribution in [2.24, 2.45) is 0 Å². The molecule has 0 saturated heterocycles. The molecule has 0 aliphatic heterocycles. The third-order valence-electron chi connectivity index (χ3n) is 4.04. The van der Waals surface area contributed by atoms with E-state index in [0.29, 0.717) is 6.42 Å². The summed E-state index contributed by atoms with van der Waals surface area (Å²) in [5.41, 5.74) is 0. The molecule has 0 heterocycles. The van der Waals surface area contributed by atoms with Gasteiger partial charge in [0.05, 0.1) is 0 Å². The summed E-state index contributed by atoms with van der Waals surface area (Å²) in [6, 6.07) is 0. The molecule has 0 amide bonds. The van der Waals surface area contributed by atoms with Crippen LogP contribution < -0.4 is 0 Å². The van der Waals surface area contributed by atoms with E-state index in [9.17, 15) is 4.79 Å². The molecule has 0 spiro atoms. The molecule has 0 unspecified atom stereocenters. The molecule has 0 aliphatic rings. The lowest BCUT2D eigenvalue weighted by atomic mass is 10.1. The number of carbonyl (C=O) groups excluding carboxylic acids is 1. The zero-order valence-corrected chi connectivity index (χ0v) is 17.9. The summed E-state index contributed by atoms with van der Waals surface area (Å²) in [5, 5.41) is -0.192. The largest absolute Gasteiger partial charge is 0.382 e. The van der Waals surface area contributed by atoms with E-state index in [4.69, 9.17) is 16.3 Å². The molecule has 0 radical (unpaired) electrons. The molecular formula is C22H43ClO2. The van der Waals surface area contributed by atoms with Crippen molar-refractivity contribution < 1.29 is 9.53 Å². The fourth-order valence-electron chi connectivity index (χ4n) is 2.54. The van der Waals surface area contributed by atoms with Crippen molar-refractivity contribution in [2.45, 2.75) is 111 Å². The summed E-state index contributed by atoms with van der Waals surface area (Å²) in [4.78, 5) is 10.5. The highest BCUT2D eigenvalue weighted by Crippen LogP contribution is 2.10. The standard InChI is InChI=1S/C18H33ClO.C4H10O/c1-2-3-4-5-6-7-8-9-10-11-12-13-14-15-16-17-18(19)20;1-3-5-4-2/h9-10H,2-8,11-17H2,1H3;3-4H2,1-2H3/b10-9-;. The molecule has 0 atom stereocenters. The minimum Gasteiger partial charge on any atom is -0.382 e. The highest BCUT2D eigenvalue weighted by Gasteiger charge is 1.95. The molecular weight excluding hydrogens is 332 g/mol. The topological polar surface area (TPSA) is 26.3 Å². The zero-order chi connectivity index (χ0) is 19.0. The zero-order valence-electron chi connectivity index (χ0n) is 17.2. The lowest BCUT2D eigenvalue weighted by Crippen LogP contribution is -1.86. The van der Waals surface area contributed by atoms with E-state index in [1.165, 1.54) is 70.6 Å². The number of allylic oxidation sites excluding steroid dienone is 2. The highest BCUT2D eigenvalue weighted by atomic mass is 35.5. The van der Waals surface area contributed by atoms with Crippen molar-refractivity contribution in [3.63, 3.8) is 0 Å². The highest BCUT2D eigenvalue weighted by molar-refractivity contribution is 6.63. The molecule has 2 nitrogen and oxygen atoms in total. The van der Waals surface area contributed by atoms with Crippen molar-refractivity contribution >= 4 is 16.8 Å². The molecule has 0 bridgehead atoms. The van der Waals surface area contributed by atoms with Gasteiger partial charge in [0.2, 0.25) is 5.24 Å². The van der Waals surface area contributed by atoms with Crippen molar-refractivity contribution in [2.75, 3.05) is 13.2 Å². The van der Waals surface area contributed by atoms with Crippen LogP contribution in [0.15, 0.2) is 12.2 Å². The van der Waals surface area contributed by atoms with Crippen LogP contribution in [0.1, 0.15) is 111 Å². The van der Waals surface area contributed by atoms with E-state index in [2.05, 4.69) is 19.1 Å². The molecule has 0 saturated carbocycles. The molecule has 0 aliphatic carbocycles. The van der Waals surface area contributed by atoms with Gasteiger partial charge >= 0.3 is 0 Å². The second-order valence-corrected chi connectivity index (χ2v) is 6.89. The van der Waals surface area contributed by atoms with Gasteiger partial charge in [-0.2, -0.15) is 0 Å². The number of carbonyl (C=O) groups is 1. The molecule has 0 N–H and O–H groups in total. The summed E-state index contributed by atoms with van der Waals surface area (Å²) in [6.45, 7) is 7.93. The fourth-order valence-corrected chi connectivity index (χ4v) is 2.67. The van der Waals surface area contributed by atoms with Gasteiger partial charge in [-0.3, -0.25) is 4.79 Å². The third kappa shape index (κ3) is 31.9. The van der Waals surface area contributed by atoms with Gasteiger partial charge in [-0.15, -0.1) is 0 Å². The molecule has 0 rings (SSSR count). The van der Waals surface area contributed by atoms with Gasteiger partial charge in [-0.25, -0.2) is 0 Å². The Morgan fingerprint density at radius 3 is 1.56 bits per heavy atom. The van der Waals surface area contributed by atoms with Gasteiger partial charge in [0.1, 0.15) is 0 Å². The quantitative estimate of drug-likeness (QED) is 0.147. The average Bonchev–Trinajstić information content (AvgIpc) is 2.59. The van der Waals surface area contributed by atoms with E-state index in [0.717, 1.165) is 26.1 Å². The number of rotatable bonds is 17. The van der Waals surface area contributed by atoms with Gasteiger partial charge in [0, 0.05) is 19.6 Å². The van der Waals surface area contributed by atoms with E-state index in [-0.39, 0.29) is 5.24 Å². The van der Waals surface area contributed by atoms with Crippen LogP contribution in [-0.2, 0) is 9.53 Å². The molecule has 150 valence electrons. The maximum absolute atomic E-state index is 10.5. The predicted octanol–water partition coefficient (Wildman–Crippen LogP) is 7.83. The van der Waals surface area contributed by atoms with Crippen LogP contribution in [0.4, 0.5) is 0 Å². The molecule has 0 aromatic carbocycles. The number of ether oxygens (including phenoxy) is 1. The predicted molar refractivity (Wildman–Crippen MR) is 112 cm³/mol. The Bertz CT molecular complexity index is 275. The van der Waals surface area contributed by atoms with Gasteiger partial charge in [-0.1, -0.05) is 70.4 Å². The van der Waals surface area contributed by atoms with Crippen molar-refractivity contribution in [1.82, 2.24) is 0 Å². The maximum atomic E-state index is 10.5. The van der Waals surface area contributed by atoms with E-state index in [1.807, 2.05) is 13.8 Å². The molecule has 3 heteroatoms. The van der Waals surface area contributed by atoms with Gasteiger partial charge in [0.25, 0.3) is 0 Å². The Kier molecular flexibility index (Phi) is 27.8. The van der Waals surface area contributed by atoms with Crippen LogP contribution in [0.2, 0.25) is 0 Å². The number of hydrogen-bond donors (Lipinski definition) is 0. The Morgan fingerprint density at radius 2 is 1.16 bits per heavy atom. The maximum Gasteiger partial charge on any atom is 0.221 e. The Labute approximate surface area is 162 Å². The van der Waals surface area contributed by atoms with E-state index in [1.54, 1.807) is 0 Å². The van der Waals surface area contributed by atoms with Crippen LogP contribution in [-0.4, -0.2) is 18.5 Å². The summed E-state index contributed by atoms with van der Waals surface area (Å²) < 4.78 is 4.83. The van der Waals surface area contributed by atoms with Crippen molar-refractivity contribution in [3.8, 4) is 0 Å². The van der Waals surface area contributed by atoms with Crippen LogP contribution in [0, 0.1) is 0 Å². The number of halogens is 1. The minimum atomic E-state index is -0.192. The van der Waals surface area contributed by atoms with E-state index < -0.39 is 0 Å². The monoisotopic (exact) mass is 374 g/mol. The van der Waals surface area contributed by atoms with Crippen LogP contribution in [0.3, 0.4) is 0 Å². The normalized spacial score (nSPS) is 10.7. The third-order valence-corrected chi connectivity index (χ3v) is 4.23. The van der Waals surface area contributed by atoms with Crippen LogP contribution in [0.25, 0.3) is 0 Å². The number of unbranched alkanes of at least 4 members (excludes halogenated alkanes) is 11. The SMILES string of the molecule is CCCCCCCC/C=C\CCCCCCCC(=O)Cl.CCOCC. The summed E-state index contributed by atoms with van der Waals surface area (Å²) >= 11 is 5.29. The number of hydrogen-bond acceptors (Lipinski definition) is 2. The lowest BCUT2D eigenvalue weighted by molar-refractivity contribution is -0.111. The molecule has 0 aromatic heterocycles. The second-order valence-electron chi connectivity index (χ2n) is 6.47. The summed E-state index contributed by atoms with van der Waals surface area (Å²) in [6.07, 6.45) is 21.9. The van der Waals surface area contributed by atoms with Crippen LogP contribution in [0.5, 0.6) is 0 Å². The second kappa shape index (κ2) is 25.9. The Morgan fingerprint density at radius 1 is 0.720 bits per heavy atom. The average molecular weight is 375 g/mol. The fraction of sp³-hybridized carbons (Fsp3) is 0.864. The van der Waals surface area contributed by atoms with Crippen molar-refractivity contribution in [3.05, 3.63) is 12.2 Å². The molecule has 0 fully saturated rings. The van der Waals surface area contributed by atoms with Crippen molar-refractivity contribution in [1.29, 1.82) is 0 Å². The van der Waals surface area contributed by atoms with Gasteiger partial charge in [0.15, 0.2) is 0 Å². The first-order chi connectivity index (χ1) is 12.2. The van der Waals surface area contributed by atoms with Crippen LogP contribution >= 0.6 is 11.6 Å². The first-order valence-electron chi connectivity index (χ1n) is 10.6. The lowest BCUT2D eigenvalue weighted by Gasteiger charge is -1.99. The smallest absolute Gasteiger partial charge is 0.221 e. The first-order valence-corrected chi connectivity index (χ1v) is 11.0. The van der Waals surface area contributed by atoms with Gasteiger partial charge in [-0.05, 0) is 57.6 Å². The first kappa shape index (κ1) is 26.9. The summed E-state index contributed by atoms with van der Waals surface area (Å²) in [7, 11) is 0.